The number of aromatic nitrogens is 2. The maximum atomic E-state index is 12.5. The Bertz CT molecular complexity index is 688. The fourth-order valence-corrected chi connectivity index (χ4v) is 3.38. The normalized spacial score (nSPS) is 23.2. The SMILES string of the molecule is O=C1COCCN1c1cnc(N2CCCC(N(S)S(=O)O)C2=O)nc1. The summed E-state index contributed by atoms with van der Waals surface area (Å²) in [5, 5.41) is 0. The van der Waals surface area contributed by atoms with Crippen LogP contribution < -0.4 is 9.80 Å². The number of thiol groups is 1. The van der Waals surface area contributed by atoms with E-state index in [4.69, 9.17) is 9.29 Å². The second-order valence-corrected chi connectivity index (χ2v) is 7.08. The van der Waals surface area contributed by atoms with Gasteiger partial charge in [-0.25, -0.2) is 14.2 Å². The number of morpholine rings is 1. The average molecular weight is 387 g/mol. The van der Waals surface area contributed by atoms with E-state index in [1.807, 2.05) is 0 Å². The van der Waals surface area contributed by atoms with Gasteiger partial charge in [0.2, 0.25) is 23.1 Å². The Morgan fingerprint density at radius 3 is 2.64 bits per heavy atom. The van der Waals surface area contributed by atoms with Crippen LogP contribution in [0.5, 0.6) is 0 Å². The Balaban J connectivity index is 1.76. The topological polar surface area (TPSA) is 116 Å². The fraction of sp³-hybridized carbons (Fsp3) is 0.538. The number of hydrogen-bond acceptors (Lipinski definition) is 7. The van der Waals surface area contributed by atoms with Crippen molar-refractivity contribution in [1.29, 1.82) is 0 Å². The van der Waals surface area contributed by atoms with E-state index in [9.17, 15) is 13.8 Å². The van der Waals surface area contributed by atoms with E-state index in [0.29, 0.717) is 38.2 Å². The van der Waals surface area contributed by atoms with E-state index in [0.717, 1.165) is 3.71 Å². The van der Waals surface area contributed by atoms with Gasteiger partial charge in [0.1, 0.15) is 12.6 Å². The predicted molar refractivity (Wildman–Crippen MR) is 92.2 cm³/mol. The predicted octanol–water partition coefficient (Wildman–Crippen LogP) is -0.381. The molecule has 2 saturated heterocycles. The van der Waals surface area contributed by atoms with Crippen LogP contribution in [-0.4, -0.2) is 66.6 Å². The molecule has 1 aromatic rings. The van der Waals surface area contributed by atoms with Gasteiger partial charge in [-0.3, -0.25) is 19.0 Å². The number of carbonyl (C=O) groups excluding carboxylic acids is 2. The standard InChI is InChI=1S/C13H17N5O5S2/c19-11-8-23-5-4-16(11)9-6-14-13(15-7-9)17-3-1-2-10(12(17)20)18(24)25(21)22/h6-7,10,24H,1-5,8H2,(H,21,22). The van der Waals surface area contributed by atoms with Gasteiger partial charge in [-0.05, 0) is 12.8 Å². The zero-order valence-corrected chi connectivity index (χ0v) is 14.9. The molecule has 2 aliphatic rings. The number of anilines is 2. The van der Waals surface area contributed by atoms with Crippen molar-refractivity contribution in [3.63, 3.8) is 0 Å². The number of hydrogen-bond donors (Lipinski definition) is 2. The molecule has 3 rings (SSSR count). The second-order valence-electron chi connectivity index (χ2n) is 5.52. The molecule has 0 aliphatic carbocycles. The van der Waals surface area contributed by atoms with Gasteiger partial charge >= 0.3 is 0 Å². The van der Waals surface area contributed by atoms with E-state index in [-0.39, 0.29) is 24.4 Å². The van der Waals surface area contributed by atoms with Crippen molar-refractivity contribution >= 4 is 47.5 Å². The molecule has 0 aromatic carbocycles. The summed E-state index contributed by atoms with van der Waals surface area (Å²) in [6.07, 6.45) is 4.00. The molecule has 25 heavy (non-hydrogen) atoms. The number of nitrogens with zero attached hydrogens (tertiary/aromatic N) is 5. The van der Waals surface area contributed by atoms with Crippen LogP contribution >= 0.6 is 12.8 Å². The Morgan fingerprint density at radius 2 is 2.00 bits per heavy atom. The van der Waals surface area contributed by atoms with Gasteiger partial charge in [-0.2, -0.15) is 0 Å². The Kier molecular flexibility index (Phi) is 5.64. The molecule has 3 heterocycles. The molecular weight excluding hydrogens is 370 g/mol. The third-order valence-electron chi connectivity index (χ3n) is 4.00. The monoisotopic (exact) mass is 387 g/mol. The molecule has 2 fully saturated rings. The molecule has 0 saturated carbocycles. The third kappa shape index (κ3) is 3.82. The molecule has 1 aromatic heterocycles. The molecular formula is C13H17N5O5S2. The largest absolute Gasteiger partial charge is 0.370 e. The molecule has 136 valence electrons. The highest BCUT2D eigenvalue weighted by Gasteiger charge is 2.36. The van der Waals surface area contributed by atoms with E-state index >= 15 is 0 Å². The lowest BCUT2D eigenvalue weighted by molar-refractivity contribution is -0.125. The van der Waals surface area contributed by atoms with E-state index < -0.39 is 17.3 Å². The number of amides is 2. The molecule has 10 nitrogen and oxygen atoms in total. The van der Waals surface area contributed by atoms with Gasteiger partial charge in [-0.15, -0.1) is 3.71 Å². The van der Waals surface area contributed by atoms with Crippen LogP contribution in [0.2, 0.25) is 0 Å². The number of carbonyl (C=O) groups is 2. The average Bonchev–Trinajstić information content (AvgIpc) is 2.62. The maximum absolute atomic E-state index is 12.5. The number of piperidine rings is 1. The third-order valence-corrected chi connectivity index (χ3v) is 5.27. The molecule has 12 heteroatoms. The highest BCUT2D eigenvalue weighted by Crippen LogP contribution is 2.24. The number of rotatable bonds is 4. The first-order chi connectivity index (χ1) is 12.0. The molecule has 0 radical (unpaired) electrons. The van der Waals surface area contributed by atoms with Crippen molar-refractivity contribution in [2.45, 2.75) is 18.9 Å². The Hall–Kier alpha value is -1.60. The fourth-order valence-electron chi connectivity index (χ4n) is 2.75. The zero-order chi connectivity index (χ0) is 18.0. The first-order valence-corrected chi connectivity index (χ1v) is 9.06. The van der Waals surface area contributed by atoms with Gasteiger partial charge in [-0.1, -0.05) is 12.8 Å². The second kappa shape index (κ2) is 7.74. The van der Waals surface area contributed by atoms with Crippen molar-refractivity contribution in [2.75, 3.05) is 36.1 Å². The minimum Gasteiger partial charge on any atom is -0.370 e. The lowest BCUT2D eigenvalue weighted by Crippen LogP contribution is -2.50. The number of ether oxygens (including phenoxy) is 1. The first-order valence-electron chi connectivity index (χ1n) is 7.59. The van der Waals surface area contributed by atoms with Crippen LogP contribution in [0.3, 0.4) is 0 Å². The van der Waals surface area contributed by atoms with Gasteiger partial charge in [0.25, 0.3) is 5.91 Å². The van der Waals surface area contributed by atoms with Crippen molar-refractivity contribution in [2.24, 2.45) is 0 Å². The van der Waals surface area contributed by atoms with E-state index in [2.05, 4.69) is 22.8 Å². The van der Waals surface area contributed by atoms with Crippen LogP contribution in [0.1, 0.15) is 12.8 Å². The lowest BCUT2D eigenvalue weighted by Gasteiger charge is -2.33. The van der Waals surface area contributed by atoms with E-state index in [1.165, 1.54) is 22.2 Å². The van der Waals surface area contributed by atoms with Crippen LogP contribution in [0.4, 0.5) is 11.6 Å². The molecule has 2 aliphatic heterocycles. The Labute approximate surface area is 152 Å². The molecule has 2 amide bonds. The van der Waals surface area contributed by atoms with Gasteiger partial charge in [0.05, 0.1) is 24.7 Å². The van der Waals surface area contributed by atoms with Crippen molar-refractivity contribution in [1.82, 2.24) is 13.7 Å². The summed E-state index contributed by atoms with van der Waals surface area (Å²) >= 11 is 1.56. The highest BCUT2D eigenvalue weighted by atomic mass is 32.2. The quantitative estimate of drug-likeness (QED) is 0.534. The van der Waals surface area contributed by atoms with Crippen LogP contribution in [0.25, 0.3) is 0 Å². The maximum Gasteiger partial charge on any atom is 0.253 e. The smallest absolute Gasteiger partial charge is 0.253 e. The van der Waals surface area contributed by atoms with Crippen LogP contribution in [-0.2, 0) is 25.6 Å². The molecule has 1 N–H and O–H groups in total. The van der Waals surface area contributed by atoms with Gasteiger partial charge < -0.3 is 9.64 Å². The summed E-state index contributed by atoms with van der Waals surface area (Å²) in [7, 11) is 0. The lowest BCUT2D eigenvalue weighted by atomic mass is 10.1. The van der Waals surface area contributed by atoms with Gasteiger partial charge in [0.15, 0.2) is 0 Å². The van der Waals surface area contributed by atoms with Gasteiger partial charge in [0, 0.05) is 13.1 Å². The molecule has 2 atom stereocenters. The minimum absolute atomic E-state index is 0.0180. The summed E-state index contributed by atoms with van der Waals surface area (Å²) in [6, 6.07) is -0.827. The summed E-state index contributed by atoms with van der Waals surface area (Å²) in [5.41, 5.74) is 0.533. The zero-order valence-electron chi connectivity index (χ0n) is 13.1. The summed E-state index contributed by atoms with van der Waals surface area (Å²) in [4.78, 5) is 35.6. The molecule has 2 unspecified atom stereocenters. The van der Waals surface area contributed by atoms with Crippen LogP contribution in [0.15, 0.2) is 12.4 Å². The highest BCUT2D eigenvalue weighted by molar-refractivity contribution is 7.93. The summed E-state index contributed by atoms with van der Waals surface area (Å²) in [5.74, 6) is -0.378. The van der Waals surface area contributed by atoms with Crippen molar-refractivity contribution in [3.05, 3.63) is 12.4 Å². The molecule has 0 spiro atoms. The summed E-state index contributed by atoms with van der Waals surface area (Å²) in [6.45, 7) is 1.29. The van der Waals surface area contributed by atoms with E-state index in [1.54, 1.807) is 0 Å². The summed E-state index contributed by atoms with van der Waals surface area (Å²) < 4.78 is 26.2. The van der Waals surface area contributed by atoms with Crippen LogP contribution in [0, 0.1) is 0 Å². The van der Waals surface area contributed by atoms with Crippen molar-refractivity contribution < 1.29 is 23.1 Å². The minimum atomic E-state index is -2.36. The Morgan fingerprint density at radius 1 is 1.28 bits per heavy atom. The molecule has 0 bridgehead atoms. The van der Waals surface area contributed by atoms with Crippen molar-refractivity contribution in [3.8, 4) is 0 Å². The first kappa shape index (κ1) is 18.2.